The molecule has 2 aromatic heterocycles. The quantitative estimate of drug-likeness (QED) is 0.382. The number of aryl methyl sites for hydroxylation is 1. The maximum atomic E-state index is 12.2. The first-order chi connectivity index (χ1) is 13.1. The number of carbonyl (C=O) groups is 1. The van der Waals surface area contributed by atoms with Crippen molar-refractivity contribution in [3.05, 3.63) is 71.6 Å². The van der Waals surface area contributed by atoms with Gasteiger partial charge in [0.1, 0.15) is 17.2 Å². The molecule has 4 rings (SSSR count). The third-order valence-electron chi connectivity index (χ3n) is 4.12. The lowest BCUT2D eigenvalue weighted by Gasteiger charge is -2.04. The van der Waals surface area contributed by atoms with E-state index in [4.69, 9.17) is 4.42 Å². The number of aromatic hydroxyl groups is 1. The Bertz CT molecular complexity index is 1160. The first-order valence-corrected chi connectivity index (χ1v) is 8.28. The molecule has 27 heavy (non-hydrogen) atoms. The number of amides is 1. The van der Waals surface area contributed by atoms with Gasteiger partial charge in [-0.05, 0) is 35.9 Å². The number of carbonyl (C=O) groups excluding carboxylic acids is 1. The van der Waals surface area contributed by atoms with Crippen molar-refractivity contribution in [1.29, 1.82) is 0 Å². The van der Waals surface area contributed by atoms with E-state index in [1.807, 2.05) is 43.3 Å². The Hall–Kier alpha value is -3.87. The summed E-state index contributed by atoms with van der Waals surface area (Å²) in [6.07, 6.45) is 1.42. The van der Waals surface area contributed by atoms with Crippen LogP contribution in [0.1, 0.15) is 21.8 Å². The molecule has 7 nitrogen and oxygen atoms in total. The minimum absolute atomic E-state index is 0.0851. The van der Waals surface area contributed by atoms with Crippen LogP contribution in [0.3, 0.4) is 0 Å². The van der Waals surface area contributed by atoms with E-state index in [1.165, 1.54) is 6.21 Å². The number of hydrogen-bond acceptors (Lipinski definition) is 5. The van der Waals surface area contributed by atoms with Gasteiger partial charge in [0.05, 0.1) is 6.21 Å². The van der Waals surface area contributed by atoms with E-state index in [0.29, 0.717) is 17.0 Å². The van der Waals surface area contributed by atoms with Crippen molar-refractivity contribution in [2.75, 3.05) is 0 Å². The normalized spacial score (nSPS) is 11.3. The molecule has 0 atom stereocenters. The summed E-state index contributed by atoms with van der Waals surface area (Å²) >= 11 is 0. The predicted octanol–water partition coefficient (Wildman–Crippen LogP) is 3.60. The smallest absolute Gasteiger partial charge is 0.291 e. The van der Waals surface area contributed by atoms with Crippen molar-refractivity contribution in [2.45, 2.75) is 6.92 Å². The highest BCUT2D eigenvalue weighted by atomic mass is 16.3. The van der Waals surface area contributed by atoms with Crippen LogP contribution in [-0.2, 0) is 0 Å². The number of rotatable bonds is 4. The topological polar surface area (TPSA) is 104 Å². The number of nitrogens with one attached hydrogen (secondary N) is 2. The molecule has 134 valence electrons. The number of hydrogen-bond donors (Lipinski definition) is 3. The fourth-order valence-electron chi connectivity index (χ4n) is 2.78. The summed E-state index contributed by atoms with van der Waals surface area (Å²) in [4.78, 5) is 12.2. The number of hydrazone groups is 1. The predicted molar refractivity (Wildman–Crippen MR) is 102 cm³/mol. The Morgan fingerprint density at radius 1 is 1.22 bits per heavy atom. The standard InChI is InChI=1S/C20H16N4O3/c1-12-6-9-19(27-12)16-10-17(23-22-16)20(26)24-21-11-15-14-5-3-2-4-13(14)7-8-18(15)25/h2-11,25H,1H3,(H,22,23)(H,24,26)/b21-11-. The van der Waals surface area contributed by atoms with Gasteiger partial charge in [-0.15, -0.1) is 0 Å². The largest absolute Gasteiger partial charge is 0.507 e. The Kier molecular flexibility index (Phi) is 4.18. The van der Waals surface area contributed by atoms with Crippen LogP contribution in [0.4, 0.5) is 0 Å². The van der Waals surface area contributed by atoms with Crippen LogP contribution in [-0.4, -0.2) is 27.4 Å². The summed E-state index contributed by atoms with van der Waals surface area (Å²) in [6, 6.07) is 16.2. The lowest BCUT2D eigenvalue weighted by atomic mass is 10.0. The molecule has 0 radical (unpaired) electrons. The maximum Gasteiger partial charge on any atom is 0.291 e. The molecule has 0 aliphatic rings. The number of H-pyrrole nitrogens is 1. The minimum Gasteiger partial charge on any atom is -0.507 e. The zero-order valence-corrected chi connectivity index (χ0v) is 14.4. The highest BCUT2D eigenvalue weighted by Crippen LogP contribution is 2.25. The second kappa shape index (κ2) is 6.80. The number of phenolic OH excluding ortho intramolecular Hbond substituents is 1. The van der Waals surface area contributed by atoms with Crippen molar-refractivity contribution >= 4 is 22.9 Å². The van der Waals surface area contributed by atoms with Gasteiger partial charge in [0.25, 0.3) is 5.91 Å². The van der Waals surface area contributed by atoms with E-state index >= 15 is 0 Å². The van der Waals surface area contributed by atoms with Crippen LogP contribution < -0.4 is 5.43 Å². The third-order valence-corrected chi connectivity index (χ3v) is 4.12. The van der Waals surface area contributed by atoms with E-state index in [1.54, 1.807) is 18.2 Å². The number of phenols is 1. The van der Waals surface area contributed by atoms with E-state index in [0.717, 1.165) is 16.5 Å². The zero-order chi connectivity index (χ0) is 18.8. The Balaban J connectivity index is 1.52. The lowest BCUT2D eigenvalue weighted by molar-refractivity contribution is 0.0950. The third kappa shape index (κ3) is 3.30. The molecule has 2 aromatic carbocycles. The van der Waals surface area contributed by atoms with Gasteiger partial charge in [-0.3, -0.25) is 9.89 Å². The molecular weight excluding hydrogens is 344 g/mol. The number of fused-ring (bicyclic) bond motifs is 1. The molecule has 2 heterocycles. The van der Waals surface area contributed by atoms with Crippen LogP contribution in [0.15, 0.2) is 64.1 Å². The highest BCUT2D eigenvalue weighted by molar-refractivity contribution is 6.03. The van der Waals surface area contributed by atoms with Gasteiger partial charge in [-0.1, -0.05) is 30.3 Å². The number of benzene rings is 2. The zero-order valence-electron chi connectivity index (χ0n) is 14.4. The molecule has 0 fully saturated rings. The lowest BCUT2D eigenvalue weighted by Crippen LogP contribution is -2.18. The van der Waals surface area contributed by atoms with E-state index in [-0.39, 0.29) is 11.4 Å². The molecule has 1 amide bonds. The monoisotopic (exact) mass is 360 g/mol. The molecule has 0 saturated heterocycles. The molecular formula is C20H16N4O3. The van der Waals surface area contributed by atoms with E-state index in [2.05, 4.69) is 20.7 Å². The van der Waals surface area contributed by atoms with Crippen LogP contribution in [0.5, 0.6) is 5.75 Å². The van der Waals surface area contributed by atoms with Crippen molar-refractivity contribution in [1.82, 2.24) is 15.6 Å². The Morgan fingerprint density at radius 3 is 2.89 bits per heavy atom. The Labute approximate surface area is 154 Å². The fourth-order valence-corrected chi connectivity index (χ4v) is 2.78. The minimum atomic E-state index is -0.475. The second-order valence-electron chi connectivity index (χ2n) is 6.00. The highest BCUT2D eigenvalue weighted by Gasteiger charge is 2.13. The number of aromatic amines is 1. The molecule has 0 aliphatic heterocycles. The molecule has 4 aromatic rings. The average molecular weight is 360 g/mol. The van der Waals surface area contributed by atoms with E-state index in [9.17, 15) is 9.90 Å². The summed E-state index contributed by atoms with van der Waals surface area (Å²) < 4.78 is 5.50. The number of nitrogens with zero attached hydrogens (tertiary/aromatic N) is 2. The Morgan fingerprint density at radius 2 is 2.07 bits per heavy atom. The van der Waals surface area contributed by atoms with Gasteiger partial charge >= 0.3 is 0 Å². The van der Waals surface area contributed by atoms with Gasteiger partial charge < -0.3 is 9.52 Å². The van der Waals surface area contributed by atoms with Crippen LogP contribution in [0, 0.1) is 6.92 Å². The van der Waals surface area contributed by atoms with Crippen molar-refractivity contribution in [2.24, 2.45) is 5.10 Å². The molecule has 3 N–H and O–H groups in total. The molecule has 0 unspecified atom stereocenters. The van der Waals surface area contributed by atoms with Crippen LogP contribution >= 0.6 is 0 Å². The maximum absolute atomic E-state index is 12.2. The molecule has 7 heteroatoms. The number of aromatic nitrogens is 2. The SMILES string of the molecule is Cc1ccc(-c2cc(C(=O)N/N=C\c3c(O)ccc4ccccc34)n[nH]2)o1. The van der Waals surface area contributed by atoms with Gasteiger partial charge in [0.15, 0.2) is 11.5 Å². The van der Waals surface area contributed by atoms with Crippen molar-refractivity contribution in [3.8, 4) is 17.2 Å². The molecule has 0 bridgehead atoms. The molecule has 0 spiro atoms. The van der Waals surface area contributed by atoms with Gasteiger partial charge in [0, 0.05) is 11.6 Å². The van der Waals surface area contributed by atoms with Gasteiger partial charge in [0.2, 0.25) is 0 Å². The number of furan rings is 1. The summed E-state index contributed by atoms with van der Waals surface area (Å²) in [6.45, 7) is 1.84. The second-order valence-corrected chi connectivity index (χ2v) is 6.00. The first kappa shape index (κ1) is 16.6. The summed E-state index contributed by atoms with van der Waals surface area (Å²) in [5.74, 6) is 0.979. The van der Waals surface area contributed by atoms with Crippen LogP contribution in [0.25, 0.3) is 22.2 Å². The van der Waals surface area contributed by atoms with Gasteiger partial charge in [-0.2, -0.15) is 10.2 Å². The van der Waals surface area contributed by atoms with Crippen molar-refractivity contribution < 1.29 is 14.3 Å². The molecule has 0 saturated carbocycles. The average Bonchev–Trinajstić information content (AvgIpc) is 3.32. The molecule has 0 aliphatic carbocycles. The van der Waals surface area contributed by atoms with E-state index < -0.39 is 5.91 Å². The first-order valence-electron chi connectivity index (χ1n) is 8.28. The summed E-state index contributed by atoms with van der Waals surface area (Å²) in [5.41, 5.74) is 3.73. The van der Waals surface area contributed by atoms with Crippen LogP contribution in [0.2, 0.25) is 0 Å². The summed E-state index contributed by atoms with van der Waals surface area (Å²) in [5, 5.41) is 22.6. The fraction of sp³-hybridized carbons (Fsp3) is 0.0500. The van der Waals surface area contributed by atoms with Crippen molar-refractivity contribution in [3.63, 3.8) is 0 Å². The van der Waals surface area contributed by atoms with Gasteiger partial charge in [-0.25, -0.2) is 5.43 Å². The summed E-state index contributed by atoms with van der Waals surface area (Å²) in [7, 11) is 0.